The number of nitrogens with two attached hydrogens (primary N) is 1. The van der Waals surface area contributed by atoms with Gasteiger partial charge in [-0.05, 0) is 42.4 Å². The number of benzene rings is 1. The number of hydrogen-bond donors (Lipinski definition) is 1. The fourth-order valence-corrected chi connectivity index (χ4v) is 5.65. The lowest BCUT2D eigenvalue weighted by atomic mass is 9.85. The maximum absolute atomic E-state index is 13.3. The molecule has 2 N–H and O–H groups in total. The van der Waals surface area contributed by atoms with Gasteiger partial charge >= 0.3 is 0 Å². The summed E-state index contributed by atoms with van der Waals surface area (Å²) in [4.78, 5) is 14.0. The third-order valence-corrected chi connectivity index (χ3v) is 7.56. The van der Waals surface area contributed by atoms with Gasteiger partial charge < -0.3 is 5.73 Å². The molecule has 1 heterocycles. The smallest absolute Gasteiger partial charge is 0.243 e. The molecule has 7 heteroatoms. The maximum Gasteiger partial charge on any atom is 0.243 e. The van der Waals surface area contributed by atoms with Crippen LogP contribution in [0.2, 0.25) is 0 Å². The normalized spacial score (nSPS) is 18.4. The molecule has 27 heavy (non-hydrogen) atoms. The van der Waals surface area contributed by atoms with Crippen molar-refractivity contribution >= 4 is 15.9 Å². The highest BCUT2D eigenvalue weighted by Crippen LogP contribution is 2.31. The molecule has 1 saturated heterocycles. The number of sulfonamides is 1. The second-order valence-electron chi connectivity index (χ2n) is 8.46. The van der Waals surface area contributed by atoms with Crippen LogP contribution in [0.3, 0.4) is 0 Å². The highest BCUT2D eigenvalue weighted by molar-refractivity contribution is 7.89. The predicted molar refractivity (Wildman–Crippen MR) is 108 cm³/mol. The summed E-state index contributed by atoms with van der Waals surface area (Å²) in [6.45, 7) is 13.8. The monoisotopic (exact) mass is 395 g/mol. The summed E-state index contributed by atoms with van der Waals surface area (Å²) in [6, 6.07) is 3.64. The van der Waals surface area contributed by atoms with Gasteiger partial charge in [0.2, 0.25) is 15.9 Å². The van der Waals surface area contributed by atoms with E-state index in [1.54, 1.807) is 0 Å². The van der Waals surface area contributed by atoms with Gasteiger partial charge in [0, 0.05) is 26.2 Å². The SMILES string of the molecule is CCC(C(N)=O)N1CCN(S(=O)(=O)c2c(C)cc(C(C)(C)C)cc2C)CC1. The molecular weight excluding hydrogens is 362 g/mol. The van der Waals surface area contributed by atoms with Crippen molar-refractivity contribution in [1.29, 1.82) is 0 Å². The van der Waals surface area contributed by atoms with Crippen molar-refractivity contribution in [3.05, 3.63) is 28.8 Å². The van der Waals surface area contributed by atoms with Crippen molar-refractivity contribution < 1.29 is 13.2 Å². The molecule has 0 saturated carbocycles. The van der Waals surface area contributed by atoms with Gasteiger partial charge in [-0.3, -0.25) is 9.69 Å². The van der Waals surface area contributed by atoms with E-state index < -0.39 is 10.0 Å². The second-order valence-corrected chi connectivity index (χ2v) is 10.3. The summed E-state index contributed by atoms with van der Waals surface area (Å²) in [6.07, 6.45) is 0.633. The number of primary amides is 1. The third kappa shape index (κ3) is 4.52. The highest BCUT2D eigenvalue weighted by atomic mass is 32.2. The molecule has 2 rings (SSSR count). The van der Waals surface area contributed by atoms with Gasteiger partial charge in [0.1, 0.15) is 0 Å². The summed E-state index contributed by atoms with van der Waals surface area (Å²) in [5, 5.41) is 0. The van der Waals surface area contributed by atoms with Crippen LogP contribution in [-0.2, 0) is 20.2 Å². The Morgan fingerprint density at radius 3 is 1.96 bits per heavy atom. The number of nitrogens with zero attached hydrogens (tertiary/aromatic N) is 2. The Morgan fingerprint density at radius 2 is 1.59 bits per heavy atom. The minimum atomic E-state index is -3.57. The van der Waals surface area contributed by atoms with Crippen LogP contribution in [0, 0.1) is 13.8 Å². The topological polar surface area (TPSA) is 83.7 Å². The van der Waals surface area contributed by atoms with Crippen molar-refractivity contribution in [3.63, 3.8) is 0 Å². The molecule has 1 unspecified atom stereocenters. The van der Waals surface area contributed by atoms with E-state index >= 15 is 0 Å². The average molecular weight is 396 g/mol. The van der Waals surface area contributed by atoms with E-state index in [2.05, 4.69) is 20.8 Å². The molecule has 1 atom stereocenters. The Labute approximate surface area is 163 Å². The van der Waals surface area contributed by atoms with Crippen LogP contribution >= 0.6 is 0 Å². The van der Waals surface area contributed by atoms with E-state index in [4.69, 9.17) is 5.73 Å². The Kier molecular flexibility index (Phi) is 6.39. The summed E-state index contributed by atoms with van der Waals surface area (Å²) < 4.78 is 28.1. The van der Waals surface area contributed by atoms with Crippen LogP contribution in [0.4, 0.5) is 0 Å². The van der Waals surface area contributed by atoms with E-state index in [-0.39, 0.29) is 17.4 Å². The highest BCUT2D eigenvalue weighted by Gasteiger charge is 2.34. The molecule has 0 spiro atoms. The van der Waals surface area contributed by atoms with Crippen LogP contribution in [0.1, 0.15) is 50.8 Å². The van der Waals surface area contributed by atoms with Crippen molar-refractivity contribution in [2.45, 2.75) is 64.3 Å². The van der Waals surface area contributed by atoms with E-state index in [1.165, 1.54) is 4.31 Å². The molecule has 1 aliphatic rings. The Bertz CT molecular complexity index is 781. The molecule has 1 aromatic rings. The summed E-state index contributed by atoms with van der Waals surface area (Å²) in [7, 11) is -3.57. The van der Waals surface area contributed by atoms with Gasteiger partial charge in [0.05, 0.1) is 10.9 Å². The van der Waals surface area contributed by atoms with Crippen molar-refractivity contribution in [2.75, 3.05) is 26.2 Å². The van der Waals surface area contributed by atoms with Crippen molar-refractivity contribution in [1.82, 2.24) is 9.21 Å². The van der Waals surface area contributed by atoms with Crippen molar-refractivity contribution in [3.8, 4) is 0 Å². The molecule has 0 aliphatic carbocycles. The number of rotatable bonds is 5. The van der Waals surface area contributed by atoms with Crippen LogP contribution in [0.25, 0.3) is 0 Å². The zero-order chi connectivity index (χ0) is 20.6. The number of hydrogen-bond acceptors (Lipinski definition) is 4. The lowest BCUT2D eigenvalue weighted by Gasteiger charge is -2.37. The first-order chi connectivity index (χ1) is 12.4. The Hall–Kier alpha value is -1.44. The summed E-state index contributed by atoms with van der Waals surface area (Å²) in [5.41, 5.74) is 8.13. The summed E-state index contributed by atoms with van der Waals surface area (Å²) >= 11 is 0. The maximum atomic E-state index is 13.3. The van der Waals surface area contributed by atoms with E-state index in [9.17, 15) is 13.2 Å². The minimum absolute atomic E-state index is 0.0344. The van der Waals surface area contributed by atoms with Gasteiger partial charge in [-0.25, -0.2) is 8.42 Å². The van der Waals surface area contributed by atoms with E-state index in [0.717, 1.165) is 16.7 Å². The minimum Gasteiger partial charge on any atom is -0.368 e. The number of piperazine rings is 1. The standard InChI is InChI=1S/C20H33N3O3S/c1-7-17(19(21)24)22-8-10-23(11-9-22)27(25,26)18-14(2)12-16(13-15(18)3)20(4,5)6/h12-13,17H,7-11H2,1-6H3,(H2,21,24). The second kappa shape index (κ2) is 7.89. The molecule has 1 amide bonds. The molecule has 6 nitrogen and oxygen atoms in total. The van der Waals surface area contributed by atoms with Gasteiger partial charge in [0.25, 0.3) is 0 Å². The number of amides is 1. The molecule has 152 valence electrons. The van der Waals surface area contributed by atoms with Crippen LogP contribution < -0.4 is 5.73 Å². The zero-order valence-corrected chi connectivity index (χ0v) is 18.2. The molecule has 1 aromatic carbocycles. The fourth-order valence-electron chi connectivity index (χ4n) is 3.81. The first kappa shape index (κ1) is 21.9. The average Bonchev–Trinajstić information content (AvgIpc) is 2.54. The summed E-state index contributed by atoms with van der Waals surface area (Å²) in [5.74, 6) is -0.349. The van der Waals surface area contributed by atoms with E-state index in [1.807, 2.05) is 37.8 Å². The quantitative estimate of drug-likeness (QED) is 0.828. The number of carbonyl (C=O) groups is 1. The van der Waals surface area contributed by atoms with Gasteiger partial charge in [0.15, 0.2) is 0 Å². The molecule has 1 fully saturated rings. The number of carbonyl (C=O) groups excluding carboxylic acids is 1. The lowest BCUT2D eigenvalue weighted by molar-refractivity contribution is -0.123. The van der Waals surface area contributed by atoms with E-state index in [0.29, 0.717) is 37.5 Å². The van der Waals surface area contributed by atoms with Crippen LogP contribution in [0.15, 0.2) is 17.0 Å². The van der Waals surface area contributed by atoms with Crippen LogP contribution in [-0.4, -0.2) is 55.8 Å². The lowest BCUT2D eigenvalue weighted by Crippen LogP contribution is -2.55. The third-order valence-electron chi connectivity index (χ3n) is 5.35. The fraction of sp³-hybridized carbons (Fsp3) is 0.650. The number of aryl methyl sites for hydroxylation is 2. The Balaban J connectivity index is 2.27. The van der Waals surface area contributed by atoms with Crippen LogP contribution in [0.5, 0.6) is 0 Å². The van der Waals surface area contributed by atoms with Gasteiger partial charge in [-0.15, -0.1) is 0 Å². The van der Waals surface area contributed by atoms with Crippen molar-refractivity contribution in [2.24, 2.45) is 5.73 Å². The zero-order valence-electron chi connectivity index (χ0n) is 17.4. The molecule has 0 aromatic heterocycles. The Morgan fingerprint density at radius 1 is 1.11 bits per heavy atom. The first-order valence-corrected chi connectivity index (χ1v) is 11.0. The first-order valence-electron chi connectivity index (χ1n) is 9.54. The molecule has 0 radical (unpaired) electrons. The molecular formula is C20H33N3O3S. The molecule has 0 bridgehead atoms. The molecule has 1 aliphatic heterocycles. The van der Waals surface area contributed by atoms with Gasteiger partial charge in [-0.1, -0.05) is 39.8 Å². The largest absolute Gasteiger partial charge is 0.368 e. The predicted octanol–water partition coefficient (Wildman–Crippen LogP) is 2.17. The van der Waals surface area contributed by atoms with Gasteiger partial charge in [-0.2, -0.15) is 4.31 Å².